The Labute approximate surface area is 147 Å². The average molecular weight is 334 g/mol. The van der Waals surface area contributed by atoms with Gasteiger partial charge in [-0.2, -0.15) is 0 Å². The molecule has 0 unspecified atom stereocenters. The molecule has 1 aromatic heterocycles. The van der Waals surface area contributed by atoms with Crippen molar-refractivity contribution in [1.29, 1.82) is 0 Å². The van der Waals surface area contributed by atoms with E-state index in [1.807, 2.05) is 30.3 Å². The molecule has 0 bridgehead atoms. The van der Waals surface area contributed by atoms with Crippen LogP contribution < -0.4 is 4.74 Å². The summed E-state index contributed by atoms with van der Waals surface area (Å²) in [7, 11) is 1.73. The lowest BCUT2D eigenvalue weighted by molar-refractivity contribution is 0.266. The lowest BCUT2D eigenvalue weighted by Crippen LogP contribution is -2.26. The second-order valence-corrected chi connectivity index (χ2v) is 6.30. The van der Waals surface area contributed by atoms with Crippen LogP contribution in [0.1, 0.15) is 11.4 Å². The van der Waals surface area contributed by atoms with Crippen LogP contribution in [0, 0.1) is 0 Å². The Morgan fingerprint density at radius 3 is 2.56 bits per heavy atom. The Hall–Kier alpha value is -2.66. The normalized spacial score (nSPS) is 14.8. The van der Waals surface area contributed by atoms with Crippen LogP contribution in [-0.4, -0.2) is 39.9 Å². The number of aromatic nitrogens is 3. The highest BCUT2D eigenvalue weighted by atomic mass is 16.5. The number of hydrogen-bond donors (Lipinski definition) is 0. The monoisotopic (exact) mass is 334 g/mol. The molecule has 0 fully saturated rings. The Morgan fingerprint density at radius 2 is 1.72 bits per heavy atom. The van der Waals surface area contributed by atoms with E-state index in [0.29, 0.717) is 0 Å². The number of para-hydroxylation sites is 1. The molecule has 1 aliphatic rings. The van der Waals surface area contributed by atoms with E-state index in [1.165, 1.54) is 5.56 Å². The molecular formula is C20H22N4O. The fourth-order valence-electron chi connectivity index (χ4n) is 3.40. The van der Waals surface area contributed by atoms with E-state index in [-0.39, 0.29) is 0 Å². The number of rotatable bonds is 4. The lowest BCUT2D eigenvalue weighted by atomic mass is 10.2. The van der Waals surface area contributed by atoms with E-state index in [2.05, 4.69) is 43.9 Å². The third kappa shape index (κ3) is 3.28. The lowest BCUT2D eigenvalue weighted by Gasteiger charge is -2.21. The molecule has 0 radical (unpaired) electrons. The van der Waals surface area contributed by atoms with Crippen LogP contribution in [0.5, 0.6) is 5.75 Å². The Kier molecular flexibility index (Phi) is 4.48. The van der Waals surface area contributed by atoms with Gasteiger partial charge in [0.2, 0.25) is 0 Å². The van der Waals surface area contributed by atoms with E-state index in [4.69, 9.17) is 4.74 Å². The van der Waals surface area contributed by atoms with Gasteiger partial charge in [0.15, 0.2) is 5.82 Å². The molecule has 0 N–H and O–H groups in total. The first-order chi connectivity index (χ1) is 12.3. The zero-order chi connectivity index (χ0) is 17.1. The summed E-state index contributed by atoms with van der Waals surface area (Å²) in [5, 5.41) is 8.85. The standard InChI is InChI=1S/C20H22N4O/c1-25-18-10-6-5-9-17(18)15-23-12-11-19-21-22-20(24(19)14-13-23)16-7-3-2-4-8-16/h2-10H,11-15H2,1H3. The molecule has 4 rings (SSSR count). The molecule has 2 aromatic carbocycles. The van der Waals surface area contributed by atoms with Crippen LogP contribution in [0.3, 0.4) is 0 Å². The molecule has 0 aliphatic carbocycles. The number of hydrogen-bond acceptors (Lipinski definition) is 4. The zero-order valence-electron chi connectivity index (χ0n) is 14.4. The molecule has 3 aromatic rings. The second-order valence-electron chi connectivity index (χ2n) is 6.30. The summed E-state index contributed by atoms with van der Waals surface area (Å²) in [6, 6.07) is 18.5. The van der Waals surface area contributed by atoms with Crippen molar-refractivity contribution >= 4 is 0 Å². The van der Waals surface area contributed by atoms with Gasteiger partial charge in [0.1, 0.15) is 11.6 Å². The molecule has 0 amide bonds. The van der Waals surface area contributed by atoms with Gasteiger partial charge >= 0.3 is 0 Å². The summed E-state index contributed by atoms with van der Waals surface area (Å²) in [6.07, 6.45) is 0.912. The van der Waals surface area contributed by atoms with Crippen molar-refractivity contribution in [3.05, 3.63) is 66.0 Å². The molecule has 0 saturated carbocycles. The molecule has 0 atom stereocenters. The van der Waals surface area contributed by atoms with Gasteiger partial charge in [-0.25, -0.2) is 0 Å². The first-order valence-corrected chi connectivity index (χ1v) is 8.67. The molecular weight excluding hydrogens is 312 g/mol. The van der Waals surface area contributed by atoms with Gasteiger partial charge in [0.25, 0.3) is 0 Å². The van der Waals surface area contributed by atoms with Gasteiger partial charge in [0.05, 0.1) is 7.11 Å². The number of benzene rings is 2. The zero-order valence-corrected chi connectivity index (χ0v) is 14.4. The van der Waals surface area contributed by atoms with Crippen LogP contribution in [0.4, 0.5) is 0 Å². The summed E-state index contributed by atoms with van der Waals surface area (Å²) in [5.41, 5.74) is 2.35. The van der Waals surface area contributed by atoms with Crippen LogP contribution in [0.15, 0.2) is 54.6 Å². The minimum atomic E-state index is 0.892. The predicted octanol–water partition coefficient (Wildman–Crippen LogP) is 3.01. The number of ether oxygens (including phenoxy) is 1. The minimum absolute atomic E-state index is 0.892. The van der Waals surface area contributed by atoms with Crippen molar-refractivity contribution < 1.29 is 4.74 Å². The minimum Gasteiger partial charge on any atom is -0.496 e. The van der Waals surface area contributed by atoms with Crippen LogP contribution in [0.25, 0.3) is 11.4 Å². The largest absolute Gasteiger partial charge is 0.496 e. The van der Waals surface area contributed by atoms with E-state index in [0.717, 1.165) is 55.6 Å². The van der Waals surface area contributed by atoms with E-state index in [1.54, 1.807) is 7.11 Å². The van der Waals surface area contributed by atoms with Crippen molar-refractivity contribution in [2.75, 3.05) is 20.2 Å². The average Bonchev–Trinajstić information content (AvgIpc) is 2.97. The van der Waals surface area contributed by atoms with Crippen LogP contribution >= 0.6 is 0 Å². The number of methoxy groups -OCH3 is 1. The SMILES string of the molecule is COc1ccccc1CN1CCc2nnc(-c3ccccc3)n2CC1. The molecule has 25 heavy (non-hydrogen) atoms. The Bertz CT molecular complexity index is 844. The molecule has 0 spiro atoms. The molecule has 5 heteroatoms. The maximum absolute atomic E-state index is 5.49. The summed E-state index contributed by atoms with van der Waals surface area (Å²) in [6.45, 7) is 3.75. The third-order valence-electron chi connectivity index (χ3n) is 4.74. The highest BCUT2D eigenvalue weighted by Gasteiger charge is 2.20. The first-order valence-electron chi connectivity index (χ1n) is 8.67. The summed E-state index contributed by atoms with van der Waals surface area (Å²) in [5.74, 6) is 2.99. The Morgan fingerprint density at radius 1 is 0.920 bits per heavy atom. The topological polar surface area (TPSA) is 43.2 Å². The molecule has 128 valence electrons. The highest BCUT2D eigenvalue weighted by Crippen LogP contribution is 2.23. The van der Waals surface area contributed by atoms with Gasteiger partial charge < -0.3 is 9.30 Å². The van der Waals surface area contributed by atoms with Crippen molar-refractivity contribution in [2.45, 2.75) is 19.5 Å². The van der Waals surface area contributed by atoms with Crippen molar-refractivity contribution in [1.82, 2.24) is 19.7 Å². The predicted molar refractivity (Wildman–Crippen MR) is 97.4 cm³/mol. The molecule has 1 aliphatic heterocycles. The number of nitrogens with zero attached hydrogens (tertiary/aromatic N) is 4. The van der Waals surface area contributed by atoms with Gasteiger partial charge in [-0.1, -0.05) is 48.5 Å². The van der Waals surface area contributed by atoms with E-state index < -0.39 is 0 Å². The highest BCUT2D eigenvalue weighted by molar-refractivity contribution is 5.55. The van der Waals surface area contributed by atoms with Gasteiger partial charge in [-0.05, 0) is 6.07 Å². The van der Waals surface area contributed by atoms with E-state index >= 15 is 0 Å². The van der Waals surface area contributed by atoms with Crippen LogP contribution in [0.2, 0.25) is 0 Å². The maximum atomic E-state index is 5.49. The molecule has 2 heterocycles. The second kappa shape index (κ2) is 7.07. The summed E-state index contributed by atoms with van der Waals surface area (Å²) in [4.78, 5) is 2.46. The van der Waals surface area contributed by atoms with Crippen molar-refractivity contribution in [2.24, 2.45) is 0 Å². The quantitative estimate of drug-likeness (QED) is 0.736. The maximum Gasteiger partial charge on any atom is 0.164 e. The van der Waals surface area contributed by atoms with Gasteiger partial charge in [-0.3, -0.25) is 4.90 Å². The summed E-state index contributed by atoms with van der Waals surface area (Å²) >= 11 is 0. The van der Waals surface area contributed by atoms with Gasteiger partial charge in [-0.15, -0.1) is 10.2 Å². The van der Waals surface area contributed by atoms with Crippen LogP contribution in [-0.2, 0) is 19.5 Å². The van der Waals surface area contributed by atoms with Crippen molar-refractivity contribution in [3.63, 3.8) is 0 Å². The summed E-state index contributed by atoms with van der Waals surface area (Å²) < 4.78 is 7.75. The first kappa shape index (κ1) is 15.8. The van der Waals surface area contributed by atoms with E-state index in [9.17, 15) is 0 Å². The van der Waals surface area contributed by atoms with Gasteiger partial charge in [0, 0.05) is 43.7 Å². The smallest absolute Gasteiger partial charge is 0.164 e. The molecule has 0 saturated heterocycles. The Balaban J connectivity index is 1.52. The number of fused-ring (bicyclic) bond motifs is 1. The van der Waals surface area contributed by atoms with Crippen molar-refractivity contribution in [3.8, 4) is 17.1 Å². The molecule has 5 nitrogen and oxygen atoms in total. The fourth-order valence-corrected chi connectivity index (χ4v) is 3.40. The fraction of sp³-hybridized carbons (Fsp3) is 0.300. The third-order valence-corrected chi connectivity index (χ3v) is 4.74.